The van der Waals surface area contributed by atoms with E-state index in [9.17, 15) is 9.59 Å². The van der Waals surface area contributed by atoms with Crippen LogP contribution in [0.2, 0.25) is 10.0 Å². The van der Waals surface area contributed by atoms with Crippen molar-refractivity contribution in [2.45, 2.75) is 46.3 Å². The molecule has 1 atom stereocenters. The van der Waals surface area contributed by atoms with E-state index in [2.05, 4.69) is 5.10 Å². The highest BCUT2D eigenvalue weighted by molar-refractivity contribution is 6.35. The fourth-order valence-electron chi connectivity index (χ4n) is 3.46. The van der Waals surface area contributed by atoms with Gasteiger partial charge in [0.1, 0.15) is 11.3 Å². The van der Waals surface area contributed by atoms with Gasteiger partial charge >= 0.3 is 6.09 Å². The second kappa shape index (κ2) is 7.54. The number of hydrogen-bond acceptors (Lipinski definition) is 4. The number of fused-ring (bicyclic) bond motifs is 1. The number of rotatable bonds is 1. The molecule has 7 nitrogen and oxygen atoms in total. The second-order valence-corrected chi connectivity index (χ2v) is 9.03. The third-order valence-corrected chi connectivity index (χ3v) is 4.93. The van der Waals surface area contributed by atoms with E-state index < -0.39 is 11.7 Å². The van der Waals surface area contributed by atoms with E-state index in [1.165, 1.54) is 0 Å². The van der Waals surface area contributed by atoms with E-state index in [1.807, 2.05) is 27.7 Å². The molecule has 0 spiro atoms. The van der Waals surface area contributed by atoms with Gasteiger partial charge in [0.25, 0.3) is 5.91 Å². The molecule has 1 unspecified atom stereocenters. The van der Waals surface area contributed by atoms with Gasteiger partial charge < -0.3 is 4.74 Å². The van der Waals surface area contributed by atoms with Gasteiger partial charge in [0, 0.05) is 22.7 Å². The Kier molecular flexibility index (Phi) is 5.58. The van der Waals surface area contributed by atoms with Crippen molar-refractivity contribution in [3.63, 3.8) is 0 Å². The van der Waals surface area contributed by atoms with Crippen molar-refractivity contribution in [2.24, 2.45) is 7.05 Å². The molecule has 0 fully saturated rings. The van der Waals surface area contributed by atoms with Crippen LogP contribution < -0.4 is 9.80 Å². The van der Waals surface area contributed by atoms with Gasteiger partial charge in [0.2, 0.25) is 0 Å². The molecule has 0 saturated heterocycles. The molecule has 1 aliphatic rings. The quantitative estimate of drug-likeness (QED) is 0.639. The summed E-state index contributed by atoms with van der Waals surface area (Å²) in [6, 6.07) is 4.40. The van der Waals surface area contributed by atoms with E-state index in [-0.39, 0.29) is 18.5 Å². The molecule has 1 aromatic heterocycles. The standard InChI is InChI=1S/C20H24Cl2N4O3/c1-11-10-25(19(28)29-20(3,4)5)16-12(2)23-24(6)17(16)26(11)18(27)13-7-14(21)9-15(22)8-13/h7-9,11H,10H2,1-6H3. The molecule has 156 valence electrons. The molecular weight excluding hydrogens is 415 g/mol. The van der Waals surface area contributed by atoms with E-state index in [4.69, 9.17) is 27.9 Å². The fraction of sp³-hybridized carbons (Fsp3) is 0.450. The highest BCUT2D eigenvalue weighted by Gasteiger charge is 2.41. The van der Waals surface area contributed by atoms with Gasteiger partial charge in [-0.1, -0.05) is 23.2 Å². The molecule has 2 heterocycles. The molecule has 0 N–H and O–H groups in total. The summed E-state index contributed by atoms with van der Waals surface area (Å²) in [5, 5.41) is 5.19. The maximum Gasteiger partial charge on any atom is 0.415 e. The van der Waals surface area contributed by atoms with E-state index in [1.54, 1.807) is 46.7 Å². The smallest absolute Gasteiger partial charge is 0.415 e. The minimum absolute atomic E-state index is 0.269. The van der Waals surface area contributed by atoms with E-state index >= 15 is 0 Å². The van der Waals surface area contributed by atoms with Crippen LogP contribution in [0.3, 0.4) is 0 Å². The van der Waals surface area contributed by atoms with Gasteiger partial charge in [0.15, 0.2) is 5.82 Å². The second-order valence-electron chi connectivity index (χ2n) is 8.15. The summed E-state index contributed by atoms with van der Waals surface area (Å²) >= 11 is 12.2. The number of halogens is 2. The monoisotopic (exact) mass is 438 g/mol. The molecule has 3 rings (SSSR count). The molecule has 2 amide bonds. The first-order chi connectivity index (χ1) is 13.4. The summed E-state index contributed by atoms with van der Waals surface area (Å²) in [4.78, 5) is 29.4. The minimum atomic E-state index is -0.638. The lowest BCUT2D eigenvalue weighted by Gasteiger charge is -2.40. The minimum Gasteiger partial charge on any atom is -0.443 e. The van der Waals surface area contributed by atoms with E-state index in [0.717, 1.165) is 0 Å². The van der Waals surface area contributed by atoms with Gasteiger partial charge in [-0.05, 0) is 52.8 Å². The van der Waals surface area contributed by atoms with Gasteiger partial charge in [0.05, 0.1) is 18.3 Å². The highest BCUT2D eigenvalue weighted by atomic mass is 35.5. The van der Waals surface area contributed by atoms with Gasteiger partial charge in [-0.15, -0.1) is 0 Å². The first-order valence-corrected chi connectivity index (χ1v) is 9.98. The molecule has 0 aliphatic carbocycles. The Hall–Kier alpha value is -2.25. The van der Waals surface area contributed by atoms with Crippen molar-refractivity contribution >= 4 is 46.7 Å². The number of aromatic nitrogens is 2. The van der Waals surface area contributed by atoms with Crippen LogP contribution in [0.15, 0.2) is 18.2 Å². The number of anilines is 2. The van der Waals surface area contributed by atoms with Crippen molar-refractivity contribution in [1.29, 1.82) is 0 Å². The van der Waals surface area contributed by atoms with Crippen molar-refractivity contribution in [2.75, 3.05) is 16.3 Å². The molecule has 0 saturated carbocycles. The molecular formula is C20H24Cl2N4O3. The van der Waals surface area contributed by atoms with Crippen LogP contribution in [0.5, 0.6) is 0 Å². The first-order valence-electron chi connectivity index (χ1n) is 9.23. The molecule has 0 radical (unpaired) electrons. The maximum atomic E-state index is 13.4. The Labute approximate surface area is 180 Å². The largest absolute Gasteiger partial charge is 0.443 e. The zero-order chi connectivity index (χ0) is 21.7. The number of carbonyl (C=O) groups excluding carboxylic acids is 2. The average Bonchev–Trinajstić information content (AvgIpc) is 2.86. The molecule has 1 aliphatic heterocycles. The van der Waals surface area contributed by atoms with E-state index in [0.29, 0.717) is 32.8 Å². The van der Waals surface area contributed by atoms with Crippen molar-refractivity contribution in [3.8, 4) is 0 Å². The Morgan fingerprint density at radius 1 is 1.17 bits per heavy atom. The average molecular weight is 439 g/mol. The predicted octanol–water partition coefficient (Wildman–Crippen LogP) is 4.83. The van der Waals surface area contributed by atoms with Gasteiger partial charge in [-0.2, -0.15) is 5.10 Å². The summed E-state index contributed by atoms with van der Waals surface area (Å²) in [5.41, 5.74) is 0.912. The van der Waals surface area contributed by atoms with Crippen LogP contribution in [0, 0.1) is 6.92 Å². The Morgan fingerprint density at radius 3 is 2.31 bits per heavy atom. The summed E-state index contributed by atoms with van der Waals surface area (Å²) < 4.78 is 7.17. The lowest BCUT2D eigenvalue weighted by molar-refractivity contribution is 0.0574. The van der Waals surface area contributed by atoms with Crippen LogP contribution >= 0.6 is 23.2 Å². The molecule has 29 heavy (non-hydrogen) atoms. The number of ether oxygens (including phenoxy) is 1. The van der Waals surface area contributed by atoms with Crippen molar-refractivity contribution < 1.29 is 14.3 Å². The Morgan fingerprint density at radius 2 is 1.76 bits per heavy atom. The fourth-order valence-corrected chi connectivity index (χ4v) is 3.99. The summed E-state index contributed by atoms with van der Waals surface area (Å²) in [6.45, 7) is 9.38. The SMILES string of the molecule is Cc1nn(C)c2c1N(C(=O)OC(C)(C)C)CC(C)N2C(=O)c1cc(Cl)cc(Cl)c1. The Balaban J connectivity index is 2.07. The lowest BCUT2D eigenvalue weighted by Crippen LogP contribution is -2.53. The number of carbonyl (C=O) groups is 2. The highest BCUT2D eigenvalue weighted by Crippen LogP contribution is 2.39. The zero-order valence-corrected chi connectivity index (χ0v) is 18.8. The van der Waals surface area contributed by atoms with Gasteiger partial charge in [-0.25, -0.2) is 4.79 Å². The van der Waals surface area contributed by atoms with Crippen LogP contribution in [-0.2, 0) is 11.8 Å². The normalized spacial score (nSPS) is 16.6. The van der Waals surface area contributed by atoms with Crippen LogP contribution in [-0.4, -0.2) is 40.0 Å². The molecule has 2 aromatic rings. The number of nitrogens with zero attached hydrogens (tertiary/aromatic N) is 4. The first kappa shape index (κ1) is 21.5. The topological polar surface area (TPSA) is 67.7 Å². The number of benzene rings is 1. The van der Waals surface area contributed by atoms with Crippen molar-refractivity contribution in [3.05, 3.63) is 39.5 Å². The summed E-state index contributed by atoms with van der Waals surface area (Å²) in [6.07, 6.45) is -0.473. The van der Waals surface area contributed by atoms with Gasteiger partial charge in [-0.3, -0.25) is 19.3 Å². The number of aryl methyl sites for hydroxylation is 2. The van der Waals surface area contributed by atoms with Crippen LogP contribution in [0.4, 0.5) is 16.3 Å². The third kappa shape index (κ3) is 4.21. The summed E-state index contributed by atoms with van der Waals surface area (Å²) in [7, 11) is 1.74. The van der Waals surface area contributed by atoms with Crippen LogP contribution in [0.1, 0.15) is 43.7 Å². The summed E-state index contributed by atoms with van der Waals surface area (Å²) in [5.74, 6) is 0.253. The zero-order valence-electron chi connectivity index (χ0n) is 17.3. The molecule has 9 heteroatoms. The lowest BCUT2D eigenvalue weighted by atomic mass is 10.1. The Bertz CT molecular complexity index is 961. The maximum absolute atomic E-state index is 13.4. The molecule has 1 aromatic carbocycles. The number of hydrogen-bond donors (Lipinski definition) is 0. The van der Waals surface area contributed by atoms with Crippen molar-refractivity contribution in [1.82, 2.24) is 9.78 Å². The van der Waals surface area contributed by atoms with Crippen LogP contribution in [0.25, 0.3) is 0 Å². The third-order valence-electron chi connectivity index (χ3n) is 4.49. The predicted molar refractivity (Wildman–Crippen MR) is 114 cm³/mol. The number of amides is 2. The molecule has 0 bridgehead atoms.